The van der Waals surface area contributed by atoms with Crippen molar-refractivity contribution in [2.45, 2.75) is 0 Å². The smallest absolute Gasteiger partial charge is 0.344 e. The average Bonchev–Trinajstić information content (AvgIpc) is 2.66. The van der Waals surface area contributed by atoms with Crippen molar-refractivity contribution in [1.29, 1.82) is 0 Å². The van der Waals surface area contributed by atoms with Crippen molar-refractivity contribution in [3.05, 3.63) is 54.6 Å². The molecule has 132 valence electrons. The first kappa shape index (κ1) is 18.5. The largest absolute Gasteiger partial charge is 0.482 e. The van der Waals surface area contributed by atoms with Gasteiger partial charge in [-0.1, -0.05) is 42.5 Å². The van der Waals surface area contributed by atoms with E-state index in [9.17, 15) is 9.59 Å². The Kier molecular flexibility index (Phi) is 7.46. The van der Waals surface area contributed by atoms with E-state index >= 15 is 0 Å². The molecule has 0 atom stereocenters. The van der Waals surface area contributed by atoms with Gasteiger partial charge in [0.05, 0.1) is 6.61 Å². The summed E-state index contributed by atoms with van der Waals surface area (Å²) < 4.78 is 15.0. The Balaban J connectivity index is 1.72. The highest BCUT2D eigenvalue weighted by molar-refractivity contribution is 5.80. The van der Waals surface area contributed by atoms with Gasteiger partial charge >= 0.3 is 5.97 Å². The van der Waals surface area contributed by atoms with Crippen LogP contribution in [0.15, 0.2) is 54.6 Å². The van der Waals surface area contributed by atoms with Gasteiger partial charge in [-0.3, -0.25) is 4.79 Å². The lowest BCUT2D eigenvalue weighted by molar-refractivity contribution is -0.150. The van der Waals surface area contributed by atoms with E-state index in [1.54, 1.807) is 12.1 Å². The Morgan fingerprint density at radius 3 is 2.28 bits per heavy atom. The summed E-state index contributed by atoms with van der Waals surface area (Å²) in [4.78, 5) is 23.0. The highest BCUT2D eigenvalue weighted by Crippen LogP contribution is 2.21. The maximum atomic E-state index is 11.6. The first-order chi connectivity index (χ1) is 12.2. The molecule has 25 heavy (non-hydrogen) atoms. The van der Waals surface area contributed by atoms with Crippen LogP contribution in [0.1, 0.15) is 0 Å². The maximum Gasteiger partial charge on any atom is 0.344 e. The predicted molar refractivity (Wildman–Crippen MR) is 93.2 cm³/mol. The molecule has 0 spiro atoms. The molecule has 6 heteroatoms. The normalized spacial score (nSPS) is 10.1. The van der Waals surface area contributed by atoms with Crippen molar-refractivity contribution in [2.24, 2.45) is 0 Å². The van der Waals surface area contributed by atoms with Gasteiger partial charge in [0.1, 0.15) is 5.75 Å². The molecule has 1 N–H and O–H groups in total. The summed E-state index contributed by atoms with van der Waals surface area (Å²) in [5.41, 5.74) is 2.16. The third-order valence-electron chi connectivity index (χ3n) is 3.31. The molecule has 0 unspecified atom stereocenters. The molecule has 0 aliphatic rings. The van der Waals surface area contributed by atoms with Crippen LogP contribution in [0.5, 0.6) is 5.75 Å². The minimum absolute atomic E-state index is 0.254. The minimum atomic E-state index is -0.603. The predicted octanol–water partition coefficient (Wildman–Crippen LogP) is 2.04. The van der Waals surface area contributed by atoms with Gasteiger partial charge in [0.25, 0.3) is 5.91 Å². The van der Waals surface area contributed by atoms with Gasteiger partial charge in [0.2, 0.25) is 0 Å². The van der Waals surface area contributed by atoms with Crippen LogP contribution in [0.4, 0.5) is 0 Å². The van der Waals surface area contributed by atoms with Crippen molar-refractivity contribution in [1.82, 2.24) is 5.32 Å². The number of methoxy groups -OCH3 is 1. The van der Waals surface area contributed by atoms with Crippen molar-refractivity contribution >= 4 is 11.9 Å². The molecular weight excluding hydrogens is 322 g/mol. The number of hydrogen-bond donors (Lipinski definition) is 1. The number of carbonyl (C=O) groups excluding carboxylic acids is 2. The number of rotatable bonds is 9. The fourth-order valence-electron chi connectivity index (χ4n) is 2.05. The summed E-state index contributed by atoms with van der Waals surface area (Å²) in [6.45, 7) is 0.188. The molecule has 2 aromatic rings. The summed E-state index contributed by atoms with van der Waals surface area (Å²) in [6.07, 6.45) is 0. The molecule has 0 aliphatic carbocycles. The quantitative estimate of drug-likeness (QED) is 0.557. The van der Waals surface area contributed by atoms with E-state index in [1.165, 1.54) is 7.11 Å². The molecule has 6 nitrogen and oxygen atoms in total. The summed E-state index contributed by atoms with van der Waals surface area (Å²) in [6, 6.07) is 17.3. The van der Waals surface area contributed by atoms with Crippen molar-refractivity contribution < 1.29 is 23.8 Å². The highest BCUT2D eigenvalue weighted by Gasteiger charge is 2.08. The Morgan fingerprint density at radius 2 is 1.60 bits per heavy atom. The Labute approximate surface area is 146 Å². The van der Waals surface area contributed by atoms with Crippen LogP contribution in [-0.4, -0.2) is 45.4 Å². The molecule has 0 saturated heterocycles. The average molecular weight is 343 g/mol. The van der Waals surface area contributed by atoms with Gasteiger partial charge in [-0.05, 0) is 23.3 Å². The lowest BCUT2D eigenvalue weighted by Gasteiger charge is -2.08. The summed E-state index contributed by atoms with van der Waals surface area (Å²) >= 11 is 0. The molecule has 0 aromatic heterocycles. The SMILES string of the molecule is COCCNC(=O)COC(=O)COc1ccc(-c2ccccc2)cc1. The van der Waals surface area contributed by atoms with Crippen LogP contribution in [0.25, 0.3) is 11.1 Å². The van der Waals surface area contributed by atoms with E-state index in [0.717, 1.165) is 11.1 Å². The number of nitrogens with one attached hydrogen (secondary N) is 1. The molecule has 0 radical (unpaired) electrons. The molecule has 0 fully saturated rings. The topological polar surface area (TPSA) is 73.9 Å². The molecule has 0 heterocycles. The Morgan fingerprint density at radius 1 is 0.920 bits per heavy atom. The van der Waals surface area contributed by atoms with Crippen LogP contribution >= 0.6 is 0 Å². The third kappa shape index (κ3) is 6.64. The van der Waals surface area contributed by atoms with Gasteiger partial charge in [-0.15, -0.1) is 0 Å². The van der Waals surface area contributed by atoms with Crippen molar-refractivity contribution in [3.63, 3.8) is 0 Å². The monoisotopic (exact) mass is 343 g/mol. The van der Waals surface area contributed by atoms with Gasteiger partial charge in [0.15, 0.2) is 13.2 Å². The first-order valence-electron chi connectivity index (χ1n) is 7.88. The van der Waals surface area contributed by atoms with Crippen molar-refractivity contribution in [3.8, 4) is 16.9 Å². The van der Waals surface area contributed by atoms with E-state index in [0.29, 0.717) is 18.9 Å². The van der Waals surface area contributed by atoms with E-state index in [1.807, 2.05) is 42.5 Å². The van der Waals surface area contributed by atoms with E-state index in [-0.39, 0.29) is 19.1 Å². The molecular formula is C19H21NO5. The number of esters is 1. The highest BCUT2D eigenvalue weighted by atomic mass is 16.6. The zero-order chi connectivity index (χ0) is 17.9. The van der Waals surface area contributed by atoms with Gasteiger partial charge in [-0.25, -0.2) is 4.79 Å². The standard InChI is InChI=1S/C19H21NO5/c1-23-12-11-20-18(21)13-25-19(22)14-24-17-9-7-16(8-10-17)15-5-3-2-4-6-15/h2-10H,11-14H2,1H3,(H,20,21). The number of hydrogen-bond acceptors (Lipinski definition) is 5. The van der Waals surface area contributed by atoms with Crippen LogP contribution in [0, 0.1) is 0 Å². The van der Waals surface area contributed by atoms with Gasteiger partial charge < -0.3 is 19.5 Å². The second-order valence-electron chi connectivity index (χ2n) is 5.18. The van der Waals surface area contributed by atoms with Crippen LogP contribution in [0.3, 0.4) is 0 Å². The van der Waals surface area contributed by atoms with Crippen LogP contribution < -0.4 is 10.1 Å². The molecule has 0 aliphatic heterocycles. The second kappa shape index (κ2) is 10.1. The fourth-order valence-corrected chi connectivity index (χ4v) is 2.05. The van der Waals surface area contributed by atoms with Crippen LogP contribution in [0.2, 0.25) is 0 Å². The third-order valence-corrected chi connectivity index (χ3v) is 3.31. The van der Waals surface area contributed by atoms with E-state index < -0.39 is 5.97 Å². The molecule has 2 aromatic carbocycles. The van der Waals surface area contributed by atoms with Gasteiger partial charge in [0, 0.05) is 13.7 Å². The number of carbonyl (C=O) groups is 2. The van der Waals surface area contributed by atoms with E-state index in [4.69, 9.17) is 14.2 Å². The molecule has 1 amide bonds. The molecule has 2 rings (SSSR count). The van der Waals surface area contributed by atoms with E-state index in [2.05, 4.69) is 5.32 Å². The van der Waals surface area contributed by atoms with Gasteiger partial charge in [-0.2, -0.15) is 0 Å². The Bertz CT molecular complexity index is 670. The minimum Gasteiger partial charge on any atom is -0.482 e. The Hall–Kier alpha value is -2.86. The van der Waals surface area contributed by atoms with Crippen LogP contribution in [-0.2, 0) is 19.1 Å². The summed E-state index contributed by atoms with van der Waals surface area (Å²) in [7, 11) is 1.54. The number of amides is 1. The second-order valence-corrected chi connectivity index (χ2v) is 5.18. The van der Waals surface area contributed by atoms with Crippen molar-refractivity contribution in [2.75, 3.05) is 33.5 Å². The zero-order valence-corrected chi connectivity index (χ0v) is 14.1. The molecule has 0 saturated carbocycles. The zero-order valence-electron chi connectivity index (χ0n) is 14.1. The first-order valence-corrected chi connectivity index (χ1v) is 7.88. The summed E-state index contributed by atoms with van der Waals surface area (Å²) in [5.74, 6) is -0.423. The number of ether oxygens (including phenoxy) is 3. The lowest BCUT2D eigenvalue weighted by atomic mass is 10.1. The number of benzene rings is 2. The lowest BCUT2D eigenvalue weighted by Crippen LogP contribution is -2.32. The maximum absolute atomic E-state index is 11.6. The fraction of sp³-hybridized carbons (Fsp3) is 0.263. The summed E-state index contributed by atoms with van der Waals surface area (Å²) in [5, 5.41) is 2.55. The molecule has 0 bridgehead atoms.